The van der Waals surface area contributed by atoms with Crippen molar-refractivity contribution in [2.45, 2.75) is 19.8 Å². The van der Waals surface area contributed by atoms with Gasteiger partial charge in [0.15, 0.2) is 0 Å². The molecule has 2 amide bonds. The van der Waals surface area contributed by atoms with Crippen LogP contribution in [0.3, 0.4) is 0 Å². The number of nitrogens with zero attached hydrogens (tertiary/aromatic N) is 2. The maximum absolute atomic E-state index is 12.8. The SMILES string of the molecule is CCc1c(C(=O)Nc2ccc(CC(=O)NC)cc2)cnn1-c1cccc(Cl)c1. The van der Waals surface area contributed by atoms with Gasteiger partial charge in [0, 0.05) is 17.8 Å². The number of halogens is 1. The number of nitrogens with one attached hydrogen (secondary N) is 2. The Bertz CT molecular complexity index is 996. The van der Waals surface area contributed by atoms with Gasteiger partial charge in [0.1, 0.15) is 0 Å². The molecule has 0 atom stereocenters. The number of amides is 2. The van der Waals surface area contributed by atoms with Crippen molar-refractivity contribution in [1.82, 2.24) is 15.1 Å². The molecule has 0 spiro atoms. The quantitative estimate of drug-likeness (QED) is 0.668. The smallest absolute Gasteiger partial charge is 0.259 e. The number of benzene rings is 2. The summed E-state index contributed by atoms with van der Waals surface area (Å²) in [6, 6.07) is 14.5. The van der Waals surface area contributed by atoms with Crippen LogP contribution in [-0.4, -0.2) is 28.6 Å². The molecule has 2 aromatic carbocycles. The highest BCUT2D eigenvalue weighted by atomic mass is 35.5. The minimum absolute atomic E-state index is 0.0576. The summed E-state index contributed by atoms with van der Waals surface area (Å²) in [7, 11) is 1.60. The van der Waals surface area contributed by atoms with Gasteiger partial charge in [-0.2, -0.15) is 5.10 Å². The number of carbonyl (C=O) groups excluding carboxylic acids is 2. The van der Waals surface area contributed by atoms with E-state index in [0.29, 0.717) is 29.1 Å². The molecule has 0 aliphatic heterocycles. The van der Waals surface area contributed by atoms with Crippen LogP contribution in [0.2, 0.25) is 5.02 Å². The van der Waals surface area contributed by atoms with Gasteiger partial charge in [-0.3, -0.25) is 9.59 Å². The maximum atomic E-state index is 12.8. The van der Waals surface area contributed by atoms with E-state index < -0.39 is 0 Å². The standard InChI is InChI=1S/C21H21ClN4O2/c1-3-19-18(13-24-26(19)17-6-4-5-15(22)12-17)21(28)25-16-9-7-14(8-10-16)11-20(27)23-2/h4-10,12-13H,3,11H2,1-2H3,(H,23,27)(H,25,28). The average molecular weight is 397 g/mol. The van der Waals surface area contributed by atoms with Crippen molar-refractivity contribution < 1.29 is 9.59 Å². The maximum Gasteiger partial charge on any atom is 0.259 e. The molecule has 6 nitrogen and oxygen atoms in total. The molecule has 1 heterocycles. The molecule has 0 saturated heterocycles. The molecule has 0 aliphatic rings. The van der Waals surface area contributed by atoms with Crippen molar-refractivity contribution >= 4 is 29.1 Å². The summed E-state index contributed by atoms with van der Waals surface area (Å²) in [5.74, 6) is -0.290. The topological polar surface area (TPSA) is 76.0 Å². The molecule has 144 valence electrons. The van der Waals surface area contributed by atoms with E-state index in [1.165, 1.54) is 0 Å². The van der Waals surface area contributed by atoms with Gasteiger partial charge < -0.3 is 10.6 Å². The highest BCUT2D eigenvalue weighted by Crippen LogP contribution is 2.20. The minimum Gasteiger partial charge on any atom is -0.359 e. The van der Waals surface area contributed by atoms with E-state index in [1.807, 2.05) is 31.2 Å². The van der Waals surface area contributed by atoms with Gasteiger partial charge in [-0.05, 0) is 42.3 Å². The van der Waals surface area contributed by atoms with Crippen LogP contribution in [0.25, 0.3) is 5.69 Å². The van der Waals surface area contributed by atoms with Crippen LogP contribution in [0, 0.1) is 0 Å². The second-order valence-electron chi connectivity index (χ2n) is 6.25. The largest absolute Gasteiger partial charge is 0.359 e. The van der Waals surface area contributed by atoms with Crippen LogP contribution < -0.4 is 10.6 Å². The summed E-state index contributed by atoms with van der Waals surface area (Å²) in [4.78, 5) is 24.2. The number of rotatable bonds is 6. The fraction of sp³-hybridized carbons (Fsp3) is 0.190. The predicted octanol–water partition coefficient (Wildman–Crippen LogP) is 3.63. The van der Waals surface area contributed by atoms with Crippen molar-refractivity contribution in [3.05, 3.63) is 76.6 Å². The normalized spacial score (nSPS) is 10.5. The third kappa shape index (κ3) is 4.40. The molecule has 28 heavy (non-hydrogen) atoms. The molecular weight excluding hydrogens is 376 g/mol. The zero-order valence-corrected chi connectivity index (χ0v) is 16.5. The molecule has 3 aromatic rings. The van der Waals surface area contributed by atoms with E-state index in [1.54, 1.807) is 42.2 Å². The number of hydrogen-bond acceptors (Lipinski definition) is 3. The van der Waals surface area contributed by atoms with E-state index in [9.17, 15) is 9.59 Å². The molecule has 0 radical (unpaired) electrons. The summed E-state index contributed by atoms with van der Waals surface area (Å²) < 4.78 is 1.73. The summed E-state index contributed by atoms with van der Waals surface area (Å²) in [6.45, 7) is 1.97. The lowest BCUT2D eigenvalue weighted by molar-refractivity contribution is -0.119. The van der Waals surface area contributed by atoms with Gasteiger partial charge in [0.05, 0.1) is 29.6 Å². The second kappa shape index (κ2) is 8.71. The lowest BCUT2D eigenvalue weighted by Crippen LogP contribution is -2.19. The lowest BCUT2D eigenvalue weighted by atomic mass is 10.1. The highest BCUT2D eigenvalue weighted by Gasteiger charge is 2.17. The zero-order valence-electron chi connectivity index (χ0n) is 15.7. The van der Waals surface area contributed by atoms with Crippen LogP contribution in [0.1, 0.15) is 28.5 Å². The minimum atomic E-state index is -0.232. The Balaban J connectivity index is 1.79. The molecule has 7 heteroatoms. The summed E-state index contributed by atoms with van der Waals surface area (Å²) in [6.07, 6.45) is 2.51. The van der Waals surface area contributed by atoms with Crippen molar-refractivity contribution in [3.63, 3.8) is 0 Å². The average Bonchev–Trinajstić information content (AvgIpc) is 3.13. The van der Waals surface area contributed by atoms with E-state index in [0.717, 1.165) is 16.9 Å². The molecule has 0 aliphatic carbocycles. The van der Waals surface area contributed by atoms with Crippen LogP contribution in [0.4, 0.5) is 5.69 Å². The van der Waals surface area contributed by atoms with E-state index in [-0.39, 0.29) is 11.8 Å². The first-order chi connectivity index (χ1) is 13.5. The summed E-state index contributed by atoms with van der Waals surface area (Å²) in [5.41, 5.74) is 3.65. The van der Waals surface area contributed by atoms with Gasteiger partial charge in [-0.1, -0.05) is 36.7 Å². The fourth-order valence-electron chi connectivity index (χ4n) is 2.91. The van der Waals surface area contributed by atoms with Crippen molar-refractivity contribution in [2.75, 3.05) is 12.4 Å². The predicted molar refractivity (Wildman–Crippen MR) is 110 cm³/mol. The highest BCUT2D eigenvalue weighted by molar-refractivity contribution is 6.30. The number of hydrogen-bond donors (Lipinski definition) is 2. The number of aromatic nitrogens is 2. The lowest BCUT2D eigenvalue weighted by Gasteiger charge is -2.09. The van der Waals surface area contributed by atoms with Gasteiger partial charge in [0.2, 0.25) is 5.91 Å². The fourth-order valence-corrected chi connectivity index (χ4v) is 3.10. The first-order valence-electron chi connectivity index (χ1n) is 8.95. The monoisotopic (exact) mass is 396 g/mol. The molecule has 3 rings (SSSR count). The molecule has 1 aromatic heterocycles. The number of carbonyl (C=O) groups is 2. The van der Waals surface area contributed by atoms with Crippen LogP contribution in [-0.2, 0) is 17.6 Å². The Hall–Kier alpha value is -3.12. The van der Waals surface area contributed by atoms with Crippen molar-refractivity contribution in [3.8, 4) is 5.69 Å². The third-order valence-corrected chi connectivity index (χ3v) is 4.59. The Labute approximate surface area is 168 Å². The Morgan fingerprint density at radius 1 is 1.14 bits per heavy atom. The summed E-state index contributed by atoms with van der Waals surface area (Å²) in [5, 5.41) is 10.5. The number of anilines is 1. The van der Waals surface area contributed by atoms with Crippen molar-refractivity contribution in [2.24, 2.45) is 0 Å². The van der Waals surface area contributed by atoms with E-state index >= 15 is 0 Å². The zero-order chi connectivity index (χ0) is 20.1. The molecule has 2 N–H and O–H groups in total. The Morgan fingerprint density at radius 2 is 1.89 bits per heavy atom. The van der Waals surface area contributed by atoms with Crippen LogP contribution in [0.5, 0.6) is 0 Å². The first-order valence-corrected chi connectivity index (χ1v) is 9.33. The molecule has 0 saturated carbocycles. The molecule has 0 fully saturated rings. The second-order valence-corrected chi connectivity index (χ2v) is 6.69. The van der Waals surface area contributed by atoms with Crippen molar-refractivity contribution in [1.29, 1.82) is 0 Å². The summed E-state index contributed by atoms with van der Waals surface area (Å²) >= 11 is 6.08. The van der Waals surface area contributed by atoms with Crippen LogP contribution >= 0.6 is 11.6 Å². The molecule has 0 bridgehead atoms. The van der Waals surface area contributed by atoms with E-state index in [4.69, 9.17) is 11.6 Å². The van der Waals surface area contributed by atoms with E-state index in [2.05, 4.69) is 15.7 Å². The van der Waals surface area contributed by atoms with Gasteiger partial charge in [-0.15, -0.1) is 0 Å². The van der Waals surface area contributed by atoms with Gasteiger partial charge >= 0.3 is 0 Å². The van der Waals surface area contributed by atoms with Gasteiger partial charge in [0.25, 0.3) is 5.91 Å². The van der Waals surface area contributed by atoms with Crippen LogP contribution in [0.15, 0.2) is 54.7 Å². The number of likely N-dealkylation sites (N-methyl/N-ethyl adjacent to an activating group) is 1. The first kappa shape index (κ1) is 19.6. The molecule has 0 unspecified atom stereocenters. The Morgan fingerprint density at radius 3 is 2.54 bits per heavy atom. The third-order valence-electron chi connectivity index (χ3n) is 4.36. The molecular formula is C21H21ClN4O2. The Kier molecular flexibility index (Phi) is 6.11. The van der Waals surface area contributed by atoms with Gasteiger partial charge in [-0.25, -0.2) is 4.68 Å².